The molecule has 0 saturated heterocycles. The number of oxazole rings is 1. The lowest BCUT2D eigenvalue weighted by molar-refractivity contribution is 0.148. The molecule has 0 amide bonds. The van der Waals surface area contributed by atoms with E-state index < -0.39 is 0 Å². The van der Waals surface area contributed by atoms with Crippen molar-refractivity contribution < 1.29 is 18.7 Å². The Morgan fingerprint density at radius 1 is 1.11 bits per heavy atom. The van der Waals surface area contributed by atoms with Gasteiger partial charge in [0.1, 0.15) is 17.7 Å². The summed E-state index contributed by atoms with van der Waals surface area (Å²) < 4.78 is 27.8. The summed E-state index contributed by atoms with van der Waals surface area (Å²) in [6.45, 7) is 0.598. The molecule has 38 heavy (non-hydrogen) atoms. The van der Waals surface area contributed by atoms with Gasteiger partial charge < -0.3 is 24.1 Å². The quantitative estimate of drug-likeness (QED) is 0.312. The van der Waals surface area contributed by atoms with Crippen LogP contribution < -0.4 is 10.1 Å². The molecule has 2 aromatic heterocycles. The summed E-state index contributed by atoms with van der Waals surface area (Å²) in [5, 5.41) is 21.7. The SMILES string of the molecule is COc1cc(CN[C@@H]2CCC[C@@H]2O)cc2nc(-c3cccc(-c4ccc(F)cc4-c4nncn4C)c3)oc12. The van der Waals surface area contributed by atoms with Crippen LogP contribution in [0.5, 0.6) is 5.75 Å². The van der Waals surface area contributed by atoms with Gasteiger partial charge in [-0.2, -0.15) is 0 Å². The van der Waals surface area contributed by atoms with Gasteiger partial charge in [0, 0.05) is 30.8 Å². The maximum absolute atomic E-state index is 14.2. The first kappa shape index (κ1) is 24.3. The lowest BCUT2D eigenvalue weighted by atomic mass is 9.97. The number of nitrogens with one attached hydrogen (secondary N) is 1. The molecule has 0 spiro atoms. The molecule has 1 fully saturated rings. The largest absolute Gasteiger partial charge is 0.493 e. The zero-order valence-electron chi connectivity index (χ0n) is 21.2. The zero-order valence-corrected chi connectivity index (χ0v) is 21.2. The molecule has 9 heteroatoms. The van der Waals surface area contributed by atoms with E-state index in [1.54, 1.807) is 24.1 Å². The molecule has 1 saturated carbocycles. The number of fused-ring (bicyclic) bond motifs is 1. The summed E-state index contributed by atoms with van der Waals surface area (Å²) in [5.41, 5.74) is 5.37. The van der Waals surface area contributed by atoms with Gasteiger partial charge in [-0.05, 0) is 72.4 Å². The minimum atomic E-state index is -0.346. The highest BCUT2D eigenvalue weighted by molar-refractivity contribution is 5.85. The first-order chi connectivity index (χ1) is 18.5. The van der Waals surface area contributed by atoms with E-state index in [2.05, 4.69) is 15.5 Å². The monoisotopic (exact) mass is 513 g/mol. The summed E-state index contributed by atoms with van der Waals surface area (Å²) in [6.07, 6.45) is 4.12. The van der Waals surface area contributed by atoms with E-state index in [0.29, 0.717) is 40.7 Å². The molecule has 3 aromatic carbocycles. The fraction of sp³-hybridized carbons (Fsp3) is 0.276. The number of aromatic nitrogens is 4. The lowest BCUT2D eigenvalue weighted by Gasteiger charge is -2.16. The smallest absolute Gasteiger partial charge is 0.227 e. The summed E-state index contributed by atoms with van der Waals surface area (Å²) in [6, 6.07) is 16.4. The van der Waals surface area contributed by atoms with Crippen LogP contribution in [0, 0.1) is 5.82 Å². The van der Waals surface area contributed by atoms with Crippen LogP contribution in [0.3, 0.4) is 0 Å². The van der Waals surface area contributed by atoms with E-state index in [-0.39, 0.29) is 18.0 Å². The molecule has 2 atom stereocenters. The van der Waals surface area contributed by atoms with Crippen LogP contribution in [0.25, 0.3) is 45.1 Å². The molecule has 0 aliphatic heterocycles. The molecule has 2 N–H and O–H groups in total. The lowest BCUT2D eigenvalue weighted by Crippen LogP contribution is -2.35. The van der Waals surface area contributed by atoms with Crippen molar-refractivity contribution >= 4 is 11.1 Å². The number of hydrogen-bond acceptors (Lipinski definition) is 7. The average molecular weight is 514 g/mol. The van der Waals surface area contributed by atoms with Gasteiger partial charge in [-0.25, -0.2) is 9.37 Å². The number of ether oxygens (including phenoxy) is 1. The van der Waals surface area contributed by atoms with Gasteiger partial charge in [-0.15, -0.1) is 10.2 Å². The van der Waals surface area contributed by atoms with Crippen LogP contribution >= 0.6 is 0 Å². The molecule has 5 aromatic rings. The molecule has 6 rings (SSSR count). The van der Waals surface area contributed by atoms with Crippen molar-refractivity contribution in [1.29, 1.82) is 0 Å². The minimum absolute atomic E-state index is 0.102. The molecule has 1 aliphatic carbocycles. The minimum Gasteiger partial charge on any atom is -0.493 e. The van der Waals surface area contributed by atoms with E-state index in [1.165, 1.54) is 12.1 Å². The predicted octanol–water partition coefficient (Wildman–Crippen LogP) is 5.11. The number of hydrogen-bond donors (Lipinski definition) is 2. The van der Waals surface area contributed by atoms with Gasteiger partial charge in [0.05, 0.1) is 13.2 Å². The number of aliphatic hydroxyl groups is 1. The van der Waals surface area contributed by atoms with E-state index in [0.717, 1.165) is 41.5 Å². The molecular formula is C29H28FN5O3. The number of benzene rings is 3. The number of methoxy groups -OCH3 is 1. The molecule has 0 radical (unpaired) electrons. The zero-order chi connectivity index (χ0) is 26.2. The molecule has 194 valence electrons. The molecule has 1 aliphatic rings. The third kappa shape index (κ3) is 4.55. The summed E-state index contributed by atoms with van der Waals surface area (Å²) in [5.74, 6) is 1.28. The first-order valence-electron chi connectivity index (χ1n) is 12.6. The van der Waals surface area contributed by atoms with Crippen molar-refractivity contribution in [3.63, 3.8) is 0 Å². The van der Waals surface area contributed by atoms with Crippen molar-refractivity contribution in [1.82, 2.24) is 25.1 Å². The Hall–Kier alpha value is -4.08. The van der Waals surface area contributed by atoms with Gasteiger partial charge in [0.15, 0.2) is 17.2 Å². The van der Waals surface area contributed by atoms with Gasteiger partial charge in [-0.1, -0.05) is 18.2 Å². The van der Waals surface area contributed by atoms with E-state index in [1.807, 2.05) is 43.4 Å². The molecule has 8 nitrogen and oxygen atoms in total. The van der Waals surface area contributed by atoms with Crippen LogP contribution in [-0.2, 0) is 13.6 Å². The highest BCUT2D eigenvalue weighted by atomic mass is 19.1. The normalized spacial score (nSPS) is 17.4. The van der Waals surface area contributed by atoms with Gasteiger partial charge in [0.2, 0.25) is 5.89 Å². The Balaban J connectivity index is 1.35. The van der Waals surface area contributed by atoms with Crippen molar-refractivity contribution in [3.05, 3.63) is 72.3 Å². The first-order valence-corrected chi connectivity index (χ1v) is 12.6. The van der Waals surface area contributed by atoms with Crippen LogP contribution in [0.4, 0.5) is 4.39 Å². The summed E-state index contributed by atoms with van der Waals surface area (Å²) in [7, 11) is 3.43. The van der Waals surface area contributed by atoms with Crippen molar-refractivity contribution in [3.8, 4) is 39.7 Å². The average Bonchev–Trinajstić information content (AvgIpc) is 3.66. The fourth-order valence-corrected chi connectivity index (χ4v) is 5.16. The second-order valence-corrected chi connectivity index (χ2v) is 9.69. The second-order valence-electron chi connectivity index (χ2n) is 9.69. The summed E-state index contributed by atoms with van der Waals surface area (Å²) in [4.78, 5) is 4.77. The van der Waals surface area contributed by atoms with E-state index in [9.17, 15) is 9.50 Å². The number of aryl methyl sites for hydroxylation is 1. The van der Waals surface area contributed by atoms with E-state index in [4.69, 9.17) is 14.1 Å². The van der Waals surface area contributed by atoms with Crippen LogP contribution in [0.15, 0.2) is 65.3 Å². The Labute approximate surface area is 219 Å². The van der Waals surface area contributed by atoms with Crippen LogP contribution in [-0.4, -0.2) is 44.1 Å². The topological polar surface area (TPSA) is 98.2 Å². The van der Waals surface area contributed by atoms with Gasteiger partial charge in [-0.3, -0.25) is 0 Å². The maximum Gasteiger partial charge on any atom is 0.227 e. The Morgan fingerprint density at radius 3 is 2.74 bits per heavy atom. The maximum atomic E-state index is 14.2. The van der Waals surface area contributed by atoms with Crippen molar-refractivity contribution in [2.45, 2.75) is 38.0 Å². The second kappa shape index (κ2) is 10.00. The Kier molecular flexibility index (Phi) is 6.39. The molecule has 0 unspecified atom stereocenters. The number of aliphatic hydroxyl groups excluding tert-OH is 1. The summed E-state index contributed by atoms with van der Waals surface area (Å²) >= 11 is 0. The third-order valence-electron chi connectivity index (χ3n) is 7.14. The van der Waals surface area contributed by atoms with E-state index >= 15 is 0 Å². The van der Waals surface area contributed by atoms with Crippen LogP contribution in [0.2, 0.25) is 0 Å². The number of halogens is 1. The van der Waals surface area contributed by atoms with Crippen molar-refractivity contribution in [2.24, 2.45) is 7.05 Å². The molecular weight excluding hydrogens is 485 g/mol. The van der Waals surface area contributed by atoms with Gasteiger partial charge >= 0.3 is 0 Å². The predicted molar refractivity (Wildman–Crippen MR) is 142 cm³/mol. The van der Waals surface area contributed by atoms with Crippen LogP contribution in [0.1, 0.15) is 24.8 Å². The third-order valence-corrected chi connectivity index (χ3v) is 7.14. The van der Waals surface area contributed by atoms with Gasteiger partial charge in [0.25, 0.3) is 0 Å². The molecule has 0 bridgehead atoms. The Bertz CT molecular complexity index is 1610. The Morgan fingerprint density at radius 2 is 1.97 bits per heavy atom. The number of nitrogens with zero attached hydrogens (tertiary/aromatic N) is 4. The standard InChI is InChI=1S/C29H28FN5O3/c1-35-16-32-34-28(35)22-14-20(30)9-10-21(22)18-5-3-6-19(13-18)29-33-24-11-17(12-26(37-2)27(24)38-29)15-31-23-7-4-8-25(23)36/h3,5-6,9-14,16,23,25,31,36H,4,7-8,15H2,1-2H3/t23-,25+/m1/s1. The fourth-order valence-electron chi connectivity index (χ4n) is 5.16. The number of rotatable bonds is 7. The van der Waals surface area contributed by atoms with Crippen molar-refractivity contribution in [2.75, 3.05) is 7.11 Å². The highest BCUT2D eigenvalue weighted by Gasteiger charge is 2.25. The molecule has 2 heterocycles. The highest BCUT2D eigenvalue weighted by Crippen LogP contribution is 2.36.